The lowest BCUT2D eigenvalue weighted by atomic mass is 9.88. The molecule has 1 atom stereocenters. The van der Waals surface area contributed by atoms with Gasteiger partial charge in [0.1, 0.15) is 0 Å². The van der Waals surface area contributed by atoms with Crippen LogP contribution in [0.4, 0.5) is 5.69 Å². The van der Waals surface area contributed by atoms with E-state index in [9.17, 15) is 14.7 Å². The van der Waals surface area contributed by atoms with E-state index in [-0.39, 0.29) is 19.1 Å². The fourth-order valence-corrected chi connectivity index (χ4v) is 4.19. The Labute approximate surface area is 183 Å². The molecule has 0 aromatic heterocycles. The number of hydrogen-bond acceptors (Lipinski definition) is 5. The summed E-state index contributed by atoms with van der Waals surface area (Å²) in [5.41, 5.74) is 0.0931. The Bertz CT molecular complexity index is 1200. The Morgan fingerprint density at radius 1 is 1.03 bits per heavy atom. The second-order valence-electron chi connectivity index (χ2n) is 7.57. The van der Waals surface area contributed by atoms with Gasteiger partial charge in [-0.15, -0.1) is 0 Å². The first-order chi connectivity index (χ1) is 15.0. The quantitative estimate of drug-likeness (QED) is 0.611. The smallest absolute Gasteiger partial charge is 0.264 e. The van der Waals surface area contributed by atoms with E-state index in [1.807, 2.05) is 30.3 Å². The minimum Gasteiger partial charge on any atom is -0.454 e. The van der Waals surface area contributed by atoms with E-state index in [0.717, 1.165) is 5.56 Å². The summed E-state index contributed by atoms with van der Waals surface area (Å²) in [6.45, 7) is 0.366. The molecule has 3 aromatic carbocycles. The van der Waals surface area contributed by atoms with Crippen molar-refractivity contribution < 1.29 is 24.2 Å². The first kappa shape index (κ1) is 19.6. The van der Waals surface area contributed by atoms with Gasteiger partial charge in [-0.3, -0.25) is 9.59 Å². The average Bonchev–Trinajstić information content (AvgIpc) is 3.32. The second kappa shape index (κ2) is 7.41. The van der Waals surface area contributed by atoms with Crippen LogP contribution in [0.1, 0.15) is 27.9 Å². The second-order valence-corrected chi connectivity index (χ2v) is 8.00. The molecule has 1 amide bonds. The van der Waals surface area contributed by atoms with E-state index in [2.05, 4.69) is 0 Å². The van der Waals surface area contributed by atoms with Gasteiger partial charge in [-0.25, -0.2) is 0 Å². The summed E-state index contributed by atoms with van der Waals surface area (Å²) >= 11 is 6.17. The zero-order valence-electron chi connectivity index (χ0n) is 16.4. The zero-order valence-corrected chi connectivity index (χ0v) is 17.1. The van der Waals surface area contributed by atoms with Gasteiger partial charge in [-0.2, -0.15) is 0 Å². The van der Waals surface area contributed by atoms with Gasteiger partial charge in [0, 0.05) is 16.1 Å². The van der Waals surface area contributed by atoms with Gasteiger partial charge >= 0.3 is 0 Å². The fourth-order valence-electron chi connectivity index (χ4n) is 4.02. The lowest BCUT2D eigenvalue weighted by Gasteiger charge is -2.23. The molecular formula is C24H18ClNO5. The third-order valence-electron chi connectivity index (χ3n) is 5.59. The van der Waals surface area contributed by atoms with Crippen molar-refractivity contribution in [2.45, 2.75) is 18.6 Å². The van der Waals surface area contributed by atoms with Crippen LogP contribution >= 0.6 is 11.6 Å². The molecule has 7 heteroatoms. The maximum Gasteiger partial charge on any atom is 0.264 e. The zero-order chi connectivity index (χ0) is 21.6. The largest absolute Gasteiger partial charge is 0.454 e. The maximum atomic E-state index is 13.4. The van der Waals surface area contributed by atoms with Gasteiger partial charge in [0.25, 0.3) is 5.91 Å². The molecule has 1 N–H and O–H groups in total. The minimum absolute atomic E-state index is 0.0930. The summed E-state index contributed by atoms with van der Waals surface area (Å²) in [5.74, 6) is 0.0763. The molecule has 2 aliphatic rings. The normalized spacial score (nSPS) is 18.9. The Morgan fingerprint density at radius 3 is 2.61 bits per heavy atom. The number of benzene rings is 3. The maximum absolute atomic E-state index is 13.4. The Kier molecular flexibility index (Phi) is 4.68. The first-order valence-corrected chi connectivity index (χ1v) is 10.1. The van der Waals surface area contributed by atoms with Gasteiger partial charge < -0.3 is 19.5 Å². The third kappa shape index (κ3) is 3.34. The van der Waals surface area contributed by atoms with Crippen LogP contribution in [0, 0.1) is 0 Å². The highest BCUT2D eigenvalue weighted by atomic mass is 35.5. The van der Waals surface area contributed by atoms with Crippen LogP contribution in [0.25, 0.3) is 0 Å². The molecular weight excluding hydrogens is 418 g/mol. The van der Waals surface area contributed by atoms with Crippen LogP contribution in [0.3, 0.4) is 0 Å². The molecule has 0 bridgehead atoms. The number of hydrogen-bond donors (Lipinski definition) is 1. The predicted molar refractivity (Wildman–Crippen MR) is 114 cm³/mol. The molecule has 6 nitrogen and oxygen atoms in total. The Hall–Kier alpha value is -3.35. The number of ether oxygens (including phenoxy) is 2. The summed E-state index contributed by atoms with van der Waals surface area (Å²) in [7, 11) is 0. The molecule has 2 aliphatic heterocycles. The van der Waals surface area contributed by atoms with Crippen molar-refractivity contribution in [2.75, 3.05) is 11.7 Å². The fraction of sp³-hybridized carbons (Fsp3) is 0.167. The van der Waals surface area contributed by atoms with Gasteiger partial charge in [-0.1, -0.05) is 41.9 Å². The summed E-state index contributed by atoms with van der Waals surface area (Å²) in [4.78, 5) is 27.9. The van der Waals surface area contributed by atoms with E-state index in [1.165, 1.54) is 4.90 Å². The molecule has 0 fully saturated rings. The van der Waals surface area contributed by atoms with Crippen LogP contribution in [0.5, 0.6) is 11.5 Å². The highest BCUT2D eigenvalue weighted by molar-refractivity contribution is 6.31. The molecule has 0 saturated carbocycles. The van der Waals surface area contributed by atoms with Gasteiger partial charge in [0.15, 0.2) is 22.9 Å². The number of Topliss-reactive ketones (excluding diaryl/α,β-unsaturated/α-hetero) is 1. The van der Waals surface area contributed by atoms with Crippen LogP contribution < -0.4 is 14.4 Å². The summed E-state index contributed by atoms with van der Waals surface area (Å²) in [6.07, 6.45) is -0.413. The van der Waals surface area contributed by atoms with Crippen molar-refractivity contribution in [1.82, 2.24) is 0 Å². The predicted octanol–water partition coefficient (Wildman–Crippen LogP) is 4.08. The number of anilines is 1. The van der Waals surface area contributed by atoms with E-state index in [4.69, 9.17) is 21.1 Å². The number of fused-ring (bicyclic) bond motifs is 2. The Balaban J connectivity index is 1.49. The van der Waals surface area contributed by atoms with Crippen LogP contribution in [0.2, 0.25) is 5.02 Å². The van der Waals surface area contributed by atoms with Crippen molar-refractivity contribution in [3.05, 3.63) is 88.4 Å². The number of rotatable bonds is 5. The van der Waals surface area contributed by atoms with Gasteiger partial charge in [-0.05, 0) is 42.0 Å². The van der Waals surface area contributed by atoms with Crippen molar-refractivity contribution >= 4 is 29.0 Å². The van der Waals surface area contributed by atoms with E-state index >= 15 is 0 Å². The Morgan fingerprint density at radius 2 is 1.81 bits per heavy atom. The molecule has 0 spiro atoms. The number of nitrogens with zero attached hydrogens (tertiary/aromatic N) is 1. The number of halogens is 1. The monoisotopic (exact) mass is 435 g/mol. The molecule has 156 valence electrons. The molecule has 5 rings (SSSR count). The highest BCUT2D eigenvalue weighted by Gasteiger charge is 2.51. The summed E-state index contributed by atoms with van der Waals surface area (Å²) in [6, 6.07) is 19.2. The molecule has 2 heterocycles. The van der Waals surface area contributed by atoms with Crippen molar-refractivity contribution in [3.8, 4) is 11.5 Å². The van der Waals surface area contributed by atoms with Crippen LogP contribution in [-0.2, 0) is 16.9 Å². The lowest BCUT2D eigenvalue weighted by molar-refractivity contribution is -0.136. The highest BCUT2D eigenvalue weighted by Crippen LogP contribution is 2.45. The topological polar surface area (TPSA) is 76.1 Å². The van der Waals surface area contributed by atoms with Crippen molar-refractivity contribution in [3.63, 3.8) is 0 Å². The number of ketones is 1. The van der Waals surface area contributed by atoms with Gasteiger partial charge in [0.05, 0.1) is 18.7 Å². The van der Waals surface area contributed by atoms with E-state index in [1.54, 1.807) is 36.4 Å². The van der Waals surface area contributed by atoms with Crippen LogP contribution in [0.15, 0.2) is 66.7 Å². The molecule has 31 heavy (non-hydrogen) atoms. The number of carbonyl (C=O) groups excluding carboxylic acids is 2. The third-order valence-corrected chi connectivity index (χ3v) is 5.82. The summed E-state index contributed by atoms with van der Waals surface area (Å²) < 4.78 is 10.6. The SMILES string of the molecule is O=C(C[C@@]1(O)C(=O)N(Cc2ccccc2)c2ccc(Cl)cc21)c1ccc2c(c1)OCO2. The van der Waals surface area contributed by atoms with Crippen molar-refractivity contribution in [1.29, 1.82) is 0 Å². The average molecular weight is 436 g/mol. The number of carbonyl (C=O) groups is 2. The standard InChI is InChI=1S/C24H18ClNO5/c25-17-7-8-19-18(11-17)24(29,23(28)26(19)13-15-4-2-1-3-5-15)12-20(27)16-6-9-21-22(10-16)31-14-30-21/h1-11,29H,12-14H2/t24-/m0/s1. The van der Waals surface area contributed by atoms with Crippen LogP contribution in [-0.4, -0.2) is 23.6 Å². The van der Waals surface area contributed by atoms with E-state index in [0.29, 0.717) is 33.3 Å². The number of amides is 1. The molecule has 0 saturated heterocycles. The summed E-state index contributed by atoms with van der Waals surface area (Å²) in [5, 5.41) is 11.9. The molecule has 0 aliphatic carbocycles. The molecule has 0 unspecified atom stereocenters. The van der Waals surface area contributed by atoms with Crippen molar-refractivity contribution in [2.24, 2.45) is 0 Å². The van der Waals surface area contributed by atoms with E-state index < -0.39 is 17.9 Å². The molecule has 0 radical (unpaired) electrons. The molecule has 3 aromatic rings. The number of aliphatic hydroxyl groups is 1. The van der Waals surface area contributed by atoms with Gasteiger partial charge in [0.2, 0.25) is 6.79 Å². The minimum atomic E-state index is -2.01. The first-order valence-electron chi connectivity index (χ1n) is 9.77. The lowest BCUT2D eigenvalue weighted by Crippen LogP contribution is -2.41.